The maximum absolute atomic E-state index is 10.8. The molecule has 15 heavy (non-hydrogen) atoms. The van der Waals surface area contributed by atoms with Crippen LogP contribution in [0.15, 0.2) is 18.5 Å². The molecule has 0 aromatic carbocycles. The predicted octanol–water partition coefficient (Wildman–Crippen LogP) is 1.69. The van der Waals surface area contributed by atoms with Crippen molar-refractivity contribution in [2.75, 3.05) is 0 Å². The normalized spacial score (nSPS) is 21.1. The summed E-state index contributed by atoms with van der Waals surface area (Å²) in [6, 6.07) is 0. The molecular formula is C11H14N2O2. The van der Waals surface area contributed by atoms with E-state index in [0.29, 0.717) is 6.42 Å². The SMILES string of the molecule is Cn1cc(C2=CCC(C(=O)O)CC2)cn1. The number of allylic oxidation sites excluding steroid dienone is 2. The lowest BCUT2D eigenvalue weighted by molar-refractivity contribution is -0.141. The first-order valence-corrected chi connectivity index (χ1v) is 5.07. The number of hydrogen-bond donors (Lipinski definition) is 1. The summed E-state index contributed by atoms with van der Waals surface area (Å²) >= 11 is 0. The standard InChI is InChI=1S/C11H14N2O2/c1-13-7-10(6-12-13)8-2-4-9(5-3-8)11(14)15/h2,6-7,9H,3-5H2,1H3,(H,14,15). The Labute approximate surface area is 88.2 Å². The van der Waals surface area contributed by atoms with Crippen LogP contribution in [0.1, 0.15) is 24.8 Å². The van der Waals surface area contributed by atoms with Gasteiger partial charge in [0.15, 0.2) is 0 Å². The number of carboxylic acid groups (broad SMARTS) is 1. The zero-order valence-electron chi connectivity index (χ0n) is 8.68. The van der Waals surface area contributed by atoms with E-state index in [1.807, 2.05) is 25.5 Å². The van der Waals surface area contributed by atoms with Gasteiger partial charge in [0.25, 0.3) is 0 Å². The average molecular weight is 206 g/mol. The van der Waals surface area contributed by atoms with Gasteiger partial charge in [0.1, 0.15) is 0 Å². The largest absolute Gasteiger partial charge is 0.481 e. The molecule has 2 rings (SSSR count). The van der Waals surface area contributed by atoms with Crippen molar-refractivity contribution in [2.24, 2.45) is 13.0 Å². The van der Waals surface area contributed by atoms with Crippen LogP contribution in [-0.4, -0.2) is 20.9 Å². The van der Waals surface area contributed by atoms with Gasteiger partial charge >= 0.3 is 5.97 Å². The first kappa shape index (κ1) is 9.96. The lowest BCUT2D eigenvalue weighted by Crippen LogP contribution is -2.15. The van der Waals surface area contributed by atoms with Crippen molar-refractivity contribution in [2.45, 2.75) is 19.3 Å². The van der Waals surface area contributed by atoms with Gasteiger partial charge in [-0.25, -0.2) is 0 Å². The van der Waals surface area contributed by atoms with Crippen LogP contribution in [0.5, 0.6) is 0 Å². The molecule has 1 aromatic heterocycles. The lowest BCUT2D eigenvalue weighted by Gasteiger charge is -2.17. The van der Waals surface area contributed by atoms with Gasteiger partial charge in [-0.15, -0.1) is 0 Å². The molecule has 0 radical (unpaired) electrons. The van der Waals surface area contributed by atoms with Crippen LogP contribution in [0.3, 0.4) is 0 Å². The molecule has 4 heteroatoms. The van der Waals surface area contributed by atoms with E-state index < -0.39 is 5.97 Å². The second-order valence-corrected chi connectivity index (χ2v) is 3.94. The molecule has 1 N–H and O–H groups in total. The van der Waals surface area contributed by atoms with E-state index in [9.17, 15) is 4.79 Å². The van der Waals surface area contributed by atoms with E-state index in [0.717, 1.165) is 18.4 Å². The zero-order chi connectivity index (χ0) is 10.8. The molecular weight excluding hydrogens is 192 g/mol. The van der Waals surface area contributed by atoms with Crippen LogP contribution in [0.2, 0.25) is 0 Å². The van der Waals surface area contributed by atoms with Crippen molar-refractivity contribution in [1.82, 2.24) is 9.78 Å². The Balaban J connectivity index is 2.11. The summed E-state index contributed by atoms with van der Waals surface area (Å²) in [5, 5.41) is 13.0. The zero-order valence-corrected chi connectivity index (χ0v) is 8.68. The van der Waals surface area contributed by atoms with Crippen LogP contribution < -0.4 is 0 Å². The maximum Gasteiger partial charge on any atom is 0.306 e. The van der Waals surface area contributed by atoms with Crippen molar-refractivity contribution in [3.8, 4) is 0 Å². The van der Waals surface area contributed by atoms with E-state index in [1.54, 1.807) is 4.68 Å². The maximum atomic E-state index is 10.8. The smallest absolute Gasteiger partial charge is 0.306 e. The van der Waals surface area contributed by atoms with Crippen LogP contribution >= 0.6 is 0 Å². The fourth-order valence-electron chi connectivity index (χ4n) is 1.91. The topological polar surface area (TPSA) is 55.1 Å². The molecule has 0 spiro atoms. The Hall–Kier alpha value is -1.58. The number of nitrogens with zero attached hydrogens (tertiary/aromatic N) is 2. The molecule has 1 heterocycles. The summed E-state index contributed by atoms with van der Waals surface area (Å²) in [5.74, 6) is -0.887. The Morgan fingerprint density at radius 2 is 2.47 bits per heavy atom. The number of carboxylic acids is 1. The first-order valence-electron chi connectivity index (χ1n) is 5.07. The third-order valence-corrected chi connectivity index (χ3v) is 2.84. The Bertz CT molecular complexity index is 406. The summed E-state index contributed by atoms with van der Waals surface area (Å²) in [6.45, 7) is 0. The predicted molar refractivity (Wildman–Crippen MR) is 56.2 cm³/mol. The van der Waals surface area contributed by atoms with E-state index in [2.05, 4.69) is 5.10 Å². The number of hydrogen-bond acceptors (Lipinski definition) is 2. The number of aromatic nitrogens is 2. The molecule has 0 saturated carbocycles. The minimum Gasteiger partial charge on any atom is -0.481 e. The number of rotatable bonds is 2. The molecule has 0 saturated heterocycles. The second kappa shape index (κ2) is 3.88. The highest BCUT2D eigenvalue weighted by Gasteiger charge is 2.21. The minimum atomic E-state index is -0.684. The highest BCUT2D eigenvalue weighted by Crippen LogP contribution is 2.29. The molecule has 1 atom stereocenters. The molecule has 0 bridgehead atoms. The third kappa shape index (κ3) is 2.09. The summed E-state index contributed by atoms with van der Waals surface area (Å²) in [6.07, 6.45) is 8.03. The van der Waals surface area contributed by atoms with Crippen molar-refractivity contribution < 1.29 is 9.90 Å². The van der Waals surface area contributed by atoms with E-state index in [1.165, 1.54) is 5.57 Å². The quantitative estimate of drug-likeness (QED) is 0.801. The van der Waals surface area contributed by atoms with E-state index in [4.69, 9.17) is 5.11 Å². The van der Waals surface area contributed by atoms with Gasteiger partial charge < -0.3 is 5.11 Å². The van der Waals surface area contributed by atoms with Gasteiger partial charge in [0.2, 0.25) is 0 Å². The molecule has 80 valence electrons. The molecule has 0 amide bonds. The van der Waals surface area contributed by atoms with Crippen molar-refractivity contribution in [3.05, 3.63) is 24.0 Å². The number of aliphatic carboxylic acids is 1. The molecule has 1 aliphatic carbocycles. The number of aryl methyl sites for hydroxylation is 1. The van der Waals surface area contributed by atoms with Crippen molar-refractivity contribution >= 4 is 11.5 Å². The second-order valence-electron chi connectivity index (χ2n) is 3.94. The molecule has 1 unspecified atom stereocenters. The molecule has 0 aliphatic heterocycles. The minimum absolute atomic E-state index is 0.203. The van der Waals surface area contributed by atoms with E-state index in [-0.39, 0.29) is 5.92 Å². The molecule has 1 aliphatic rings. The fourth-order valence-corrected chi connectivity index (χ4v) is 1.91. The Kier molecular flexibility index (Phi) is 2.58. The van der Waals surface area contributed by atoms with Crippen LogP contribution in [0.25, 0.3) is 5.57 Å². The van der Waals surface area contributed by atoms with Gasteiger partial charge in [-0.1, -0.05) is 6.08 Å². The van der Waals surface area contributed by atoms with Crippen LogP contribution in [0, 0.1) is 5.92 Å². The summed E-state index contributed by atoms with van der Waals surface area (Å²) in [7, 11) is 1.88. The Morgan fingerprint density at radius 1 is 1.67 bits per heavy atom. The van der Waals surface area contributed by atoms with Gasteiger partial charge in [-0.3, -0.25) is 9.48 Å². The van der Waals surface area contributed by atoms with Gasteiger partial charge in [0.05, 0.1) is 12.1 Å². The van der Waals surface area contributed by atoms with Gasteiger partial charge in [-0.2, -0.15) is 5.10 Å². The Morgan fingerprint density at radius 3 is 2.93 bits per heavy atom. The average Bonchev–Trinajstić information content (AvgIpc) is 2.65. The lowest BCUT2D eigenvalue weighted by atomic mass is 9.88. The monoisotopic (exact) mass is 206 g/mol. The first-order chi connectivity index (χ1) is 7.16. The van der Waals surface area contributed by atoms with Crippen molar-refractivity contribution in [3.63, 3.8) is 0 Å². The van der Waals surface area contributed by atoms with Crippen LogP contribution in [-0.2, 0) is 11.8 Å². The molecule has 0 fully saturated rings. The van der Waals surface area contributed by atoms with Crippen LogP contribution in [0.4, 0.5) is 0 Å². The molecule has 1 aromatic rings. The van der Waals surface area contributed by atoms with Gasteiger partial charge in [-0.05, 0) is 24.8 Å². The number of carbonyl (C=O) groups is 1. The summed E-state index contributed by atoms with van der Waals surface area (Å²) < 4.78 is 1.76. The third-order valence-electron chi connectivity index (χ3n) is 2.84. The molecule has 4 nitrogen and oxygen atoms in total. The summed E-state index contributed by atoms with van der Waals surface area (Å²) in [4.78, 5) is 10.8. The van der Waals surface area contributed by atoms with Crippen molar-refractivity contribution in [1.29, 1.82) is 0 Å². The fraction of sp³-hybridized carbons (Fsp3) is 0.455. The van der Waals surface area contributed by atoms with Gasteiger partial charge in [0, 0.05) is 18.8 Å². The summed E-state index contributed by atoms with van der Waals surface area (Å²) in [5.41, 5.74) is 2.34. The van der Waals surface area contributed by atoms with E-state index >= 15 is 0 Å². The highest BCUT2D eigenvalue weighted by molar-refractivity contribution is 5.73. The highest BCUT2D eigenvalue weighted by atomic mass is 16.4.